The average molecular weight is 373 g/mol. The van der Waals surface area contributed by atoms with Crippen molar-refractivity contribution in [2.24, 2.45) is 0 Å². The average Bonchev–Trinajstić information content (AvgIpc) is 2.42. The van der Waals surface area contributed by atoms with E-state index in [1.165, 1.54) is 19.3 Å². The van der Waals surface area contributed by atoms with Crippen LogP contribution in [0.2, 0.25) is 0 Å². The van der Waals surface area contributed by atoms with Crippen molar-refractivity contribution in [3.8, 4) is 5.75 Å². The van der Waals surface area contributed by atoms with Crippen LogP contribution < -0.4 is 10.1 Å². The van der Waals surface area contributed by atoms with Crippen molar-refractivity contribution in [3.63, 3.8) is 0 Å². The largest absolute Gasteiger partial charge is 0.480 e. The molecule has 2 rings (SSSR count). The molecule has 0 aliphatic heterocycles. The molecule has 1 aromatic rings. The highest BCUT2D eigenvalue weighted by molar-refractivity contribution is 14.1. The van der Waals surface area contributed by atoms with Gasteiger partial charge < -0.3 is 10.1 Å². The summed E-state index contributed by atoms with van der Waals surface area (Å²) in [6.45, 7) is 1.81. The lowest BCUT2D eigenvalue weighted by molar-refractivity contribution is -0.128. The molecule has 0 spiro atoms. The summed E-state index contributed by atoms with van der Waals surface area (Å²) in [7, 11) is 0. The minimum atomic E-state index is -0.446. The van der Waals surface area contributed by atoms with Gasteiger partial charge in [-0.05, 0) is 54.5 Å². The van der Waals surface area contributed by atoms with Crippen molar-refractivity contribution in [2.75, 3.05) is 0 Å². The van der Waals surface area contributed by atoms with Gasteiger partial charge in [-0.15, -0.1) is 0 Å². The Kier molecular flexibility index (Phi) is 5.48. The predicted molar refractivity (Wildman–Crippen MR) is 84.3 cm³/mol. The van der Waals surface area contributed by atoms with E-state index < -0.39 is 6.10 Å². The molecule has 0 saturated heterocycles. The van der Waals surface area contributed by atoms with E-state index in [0.29, 0.717) is 6.04 Å². The van der Waals surface area contributed by atoms with Crippen LogP contribution in [0.5, 0.6) is 5.75 Å². The normalized spacial score (nSPS) is 17.8. The van der Waals surface area contributed by atoms with Gasteiger partial charge in [0.15, 0.2) is 6.10 Å². The molecule has 0 radical (unpaired) electrons. The maximum Gasteiger partial charge on any atom is 0.260 e. The van der Waals surface area contributed by atoms with Gasteiger partial charge in [-0.1, -0.05) is 31.4 Å². The fourth-order valence-electron chi connectivity index (χ4n) is 2.35. The van der Waals surface area contributed by atoms with E-state index in [1.807, 2.05) is 24.3 Å². The third-order valence-corrected chi connectivity index (χ3v) is 4.35. The molecule has 1 aliphatic carbocycles. The molecule has 0 heterocycles. The molecule has 1 N–H and O–H groups in total. The standard InChI is InChI=1S/C15H20INO2/c1-11(19-14-10-6-5-9-13(14)16)15(18)17-12-7-3-2-4-8-12/h5-6,9-12H,2-4,7-8H2,1H3,(H,17,18). The summed E-state index contributed by atoms with van der Waals surface area (Å²) >= 11 is 2.22. The molecule has 4 heteroatoms. The summed E-state index contributed by atoms with van der Waals surface area (Å²) in [6, 6.07) is 8.08. The second-order valence-corrected chi connectivity index (χ2v) is 6.20. The summed E-state index contributed by atoms with van der Waals surface area (Å²) in [5.74, 6) is 0.765. The highest BCUT2D eigenvalue weighted by atomic mass is 127. The van der Waals surface area contributed by atoms with Gasteiger partial charge in [0.25, 0.3) is 5.91 Å². The Morgan fingerprint density at radius 3 is 2.68 bits per heavy atom. The van der Waals surface area contributed by atoms with E-state index in [2.05, 4.69) is 27.9 Å². The molecule has 1 fully saturated rings. The van der Waals surface area contributed by atoms with Gasteiger partial charge in [-0.3, -0.25) is 4.79 Å². The lowest BCUT2D eigenvalue weighted by Gasteiger charge is -2.24. The second kappa shape index (κ2) is 7.12. The van der Waals surface area contributed by atoms with Gasteiger partial charge >= 0.3 is 0 Å². The van der Waals surface area contributed by atoms with E-state index in [9.17, 15) is 4.79 Å². The first-order chi connectivity index (χ1) is 9.16. The number of carbonyl (C=O) groups is 1. The highest BCUT2D eigenvalue weighted by Crippen LogP contribution is 2.21. The van der Waals surface area contributed by atoms with Gasteiger partial charge in [0.1, 0.15) is 5.75 Å². The zero-order valence-corrected chi connectivity index (χ0v) is 13.4. The number of para-hydroxylation sites is 1. The van der Waals surface area contributed by atoms with E-state index >= 15 is 0 Å². The molecule has 104 valence electrons. The number of benzene rings is 1. The van der Waals surface area contributed by atoms with Crippen molar-refractivity contribution in [1.82, 2.24) is 5.32 Å². The van der Waals surface area contributed by atoms with Gasteiger partial charge in [0, 0.05) is 6.04 Å². The SMILES string of the molecule is CC(Oc1ccccc1I)C(=O)NC1CCCCC1. The molecular formula is C15H20INO2. The number of hydrogen-bond acceptors (Lipinski definition) is 2. The molecule has 0 bridgehead atoms. The summed E-state index contributed by atoms with van der Waals surface area (Å²) in [4.78, 5) is 12.1. The molecule has 19 heavy (non-hydrogen) atoms. The fourth-order valence-corrected chi connectivity index (χ4v) is 2.86. The number of carbonyl (C=O) groups excluding carboxylic acids is 1. The number of amides is 1. The van der Waals surface area contributed by atoms with Crippen molar-refractivity contribution in [1.29, 1.82) is 0 Å². The molecule has 1 saturated carbocycles. The highest BCUT2D eigenvalue weighted by Gasteiger charge is 2.21. The Morgan fingerprint density at radius 1 is 1.32 bits per heavy atom. The van der Waals surface area contributed by atoms with Crippen molar-refractivity contribution >= 4 is 28.5 Å². The summed E-state index contributed by atoms with van der Waals surface area (Å²) in [5.41, 5.74) is 0. The lowest BCUT2D eigenvalue weighted by Crippen LogP contribution is -2.43. The van der Waals surface area contributed by atoms with Crippen LogP contribution in [0.3, 0.4) is 0 Å². The molecule has 1 unspecified atom stereocenters. The predicted octanol–water partition coefficient (Wildman–Crippen LogP) is 3.51. The molecule has 1 aromatic carbocycles. The maximum absolute atomic E-state index is 12.1. The topological polar surface area (TPSA) is 38.3 Å². The van der Waals surface area contributed by atoms with Crippen LogP contribution in [0.1, 0.15) is 39.0 Å². The van der Waals surface area contributed by atoms with Crippen LogP contribution in [-0.4, -0.2) is 18.1 Å². The Balaban J connectivity index is 1.87. The minimum Gasteiger partial charge on any atom is -0.480 e. The Bertz CT molecular complexity index is 430. The first-order valence-electron chi connectivity index (χ1n) is 6.88. The summed E-state index contributed by atoms with van der Waals surface area (Å²) in [5, 5.41) is 3.09. The van der Waals surface area contributed by atoms with Crippen LogP contribution in [0.15, 0.2) is 24.3 Å². The van der Waals surface area contributed by atoms with E-state index in [4.69, 9.17) is 4.74 Å². The molecule has 3 nitrogen and oxygen atoms in total. The zero-order chi connectivity index (χ0) is 13.7. The Hall–Kier alpha value is -0.780. The molecule has 1 atom stereocenters. The van der Waals surface area contributed by atoms with E-state index in [0.717, 1.165) is 22.2 Å². The minimum absolute atomic E-state index is 0.00782. The number of rotatable bonds is 4. The van der Waals surface area contributed by atoms with Crippen LogP contribution in [0.4, 0.5) is 0 Å². The van der Waals surface area contributed by atoms with Gasteiger partial charge in [0.2, 0.25) is 0 Å². The Morgan fingerprint density at radius 2 is 2.00 bits per heavy atom. The molecular weight excluding hydrogens is 353 g/mol. The van der Waals surface area contributed by atoms with Gasteiger partial charge in [-0.2, -0.15) is 0 Å². The first-order valence-corrected chi connectivity index (χ1v) is 7.96. The van der Waals surface area contributed by atoms with Crippen LogP contribution in [0, 0.1) is 3.57 Å². The van der Waals surface area contributed by atoms with Crippen molar-refractivity contribution < 1.29 is 9.53 Å². The number of nitrogens with one attached hydrogen (secondary N) is 1. The molecule has 1 amide bonds. The number of hydrogen-bond donors (Lipinski definition) is 1. The van der Waals surface area contributed by atoms with Crippen LogP contribution in [0.25, 0.3) is 0 Å². The summed E-state index contributed by atoms with van der Waals surface area (Å²) < 4.78 is 6.75. The lowest BCUT2D eigenvalue weighted by atomic mass is 9.95. The van der Waals surface area contributed by atoms with Gasteiger partial charge in [0.05, 0.1) is 3.57 Å². The third kappa shape index (κ3) is 4.37. The van der Waals surface area contributed by atoms with E-state index in [-0.39, 0.29) is 5.91 Å². The van der Waals surface area contributed by atoms with Crippen LogP contribution >= 0.6 is 22.6 Å². The fraction of sp³-hybridized carbons (Fsp3) is 0.533. The summed E-state index contributed by atoms with van der Waals surface area (Å²) in [6.07, 6.45) is 5.48. The smallest absolute Gasteiger partial charge is 0.260 e. The second-order valence-electron chi connectivity index (χ2n) is 5.03. The number of ether oxygens (including phenoxy) is 1. The third-order valence-electron chi connectivity index (χ3n) is 3.46. The van der Waals surface area contributed by atoms with Crippen molar-refractivity contribution in [2.45, 2.75) is 51.2 Å². The molecule has 0 aromatic heterocycles. The molecule has 1 aliphatic rings. The van der Waals surface area contributed by atoms with E-state index in [1.54, 1.807) is 6.92 Å². The zero-order valence-electron chi connectivity index (χ0n) is 11.2. The Labute approximate surface area is 128 Å². The first kappa shape index (κ1) is 14.6. The number of halogens is 1. The quantitative estimate of drug-likeness (QED) is 0.821. The monoisotopic (exact) mass is 373 g/mol. The van der Waals surface area contributed by atoms with Gasteiger partial charge in [-0.25, -0.2) is 0 Å². The van der Waals surface area contributed by atoms with Crippen LogP contribution in [-0.2, 0) is 4.79 Å². The van der Waals surface area contributed by atoms with Crippen molar-refractivity contribution in [3.05, 3.63) is 27.8 Å². The maximum atomic E-state index is 12.1.